The third-order valence-electron chi connectivity index (χ3n) is 4.28. The number of hydrogen-bond donors (Lipinski definition) is 2. The molecule has 3 aromatic rings. The lowest BCUT2D eigenvalue weighted by molar-refractivity contribution is -0.118. The molecular weight excluding hydrogens is 368 g/mol. The highest BCUT2D eigenvalue weighted by Crippen LogP contribution is 2.16. The van der Waals surface area contributed by atoms with Crippen LogP contribution in [-0.2, 0) is 4.79 Å². The summed E-state index contributed by atoms with van der Waals surface area (Å²) in [6.45, 7) is 3.88. The number of aryl methyl sites for hydroxylation is 1. The average Bonchev–Trinajstić information content (AvgIpc) is 3.21. The molecule has 2 aromatic carbocycles. The maximum absolute atomic E-state index is 12.9. The van der Waals surface area contributed by atoms with Gasteiger partial charge in [0.1, 0.15) is 5.70 Å². The molecule has 0 fully saturated rings. The van der Waals surface area contributed by atoms with Crippen molar-refractivity contribution in [2.45, 2.75) is 19.9 Å². The van der Waals surface area contributed by atoms with E-state index in [1.165, 1.54) is 11.3 Å². The largest absolute Gasteiger partial charge is 0.344 e. The third-order valence-corrected chi connectivity index (χ3v) is 5.10. The zero-order valence-corrected chi connectivity index (χ0v) is 16.6. The summed E-state index contributed by atoms with van der Waals surface area (Å²) in [5, 5.41) is 7.65. The molecule has 1 aromatic heterocycles. The second-order valence-corrected chi connectivity index (χ2v) is 7.48. The monoisotopic (exact) mass is 390 g/mol. The van der Waals surface area contributed by atoms with E-state index < -0.39 is 0 Å². The number of hydrogen-bond acceptors (Lipinski definition) is 3. The Balaban J connectivity index is 1.79. The number of carbonyl (C=O) groups excluding carboxylic acids is 2. The number of carbonyl (C=O) groups is 2. The second kappa shape index (κ2) is 9.15. The Morgan fingerprint density at radius 1 is 0.964 bits per heavy atom. The van der Waals surface area contributed by atoms with Crippen molar-refractivity contribution in [2.75, 3.05) is 0 Å². The summed E-state index contributed by atoms with van der Waals surface area (Å²) < 4.78 is 0. The highest BCUT2D eigenvalue weighted by atomic mass is 32.1. The van der Waals surface area contributed by atoms with Crippen molar-refractivity contribution in [3.8, 4) is 0 Å². The normalized spacial score (nSPS) is 12.3. The van der Waals surface area contributed by atoms with Crippen molar-refractivity contribution >= 4 is 29.2 Å². The molecule has 2 N–H and O–H groups in total. The SMILES string of the molecule is Cc1ccc(C(=O)N/C(=C\c2cccs2)C(=O)N[C@H](C)c2ccccc2)cc1. The minimum Gasteiger partial charge on any atom is -0.344 e. The zero-order chi connectivity index (χ0) is 19.9. The summed E-state index contributed by atoms with van der Waals surface area (Å²) in [6, 6.07) is 20.6. The third kappa shape index (κ3) is 5.18. The van der Waals surface area contributed by atoms with Crippen LogP contribution in [0.15, 0.2) is 77.8 Å². The van der Waals surface area contributed by atoms with Gasteiger partial charge in [-0.1, -0.05) is 54.1 Å². The van der Waals surface area contributed by atoms with Gasteiger partial charge in [0.15, 0.2) is 0 Å². The van der Waals surface area contributed by atoms with Crippen LogP contribution >= 0.6 is 11.3 Å². The fourth-order valence-corrected chi connectivity index (χ4v) is 3.33. The van der Waals surface area contributed by atoms with Crippen molar-refractivity contribution in [2.24, 2.45) is 0 Å². The number of benzene rings is 2. The maximum atomic E-state index is 12.9. The fraction of sp³-hybridized carbons (Fsp3) is 0.130. The summed E-state index contributed by atoms with van der Waals surface area (Å²) in [4.78, 5) is 26.4. The Labute approximate surface area is 168 Å². The molecule has 0 aliphatic rings. The molecule has 0 aliphatic carbocycles. The average molecular weight is 391 g/mol. The molecule has 1 atom stereocenters. The lowest BCUT2D eigenvalue weighted by Crippen LogP contribution is -2.36. The molecular formula is C23H22N2O2S. The summed E-state index contributed by atoms with van der Waals surface area (Å²) in [6.07, 6.45) is 1.70. The van der Waals surface area contributed by atoms with Crippen LogP contribution in [0.1, 0.15) is 39.3 Å². The first kappa shape index (κ1) is 19.6. The summed E-state index contributed by atoms with van der Waals surface area (Å²) >= 11 is 1.50. The molecule has 4 nitrogen and oxygen atoms in total. The molecule has 2 amide bonds. The van der Waals surface area contributed by atoms with Gasteiger partial charge in [0.25, 0.3) is 11.8 Å². The van der Waals surface area contributed by atoms with Crippen LogP contribution in [-0.4, -0.2) is 11.8 Å². The molecule has 0 saturated heterocycles. The minimum atomic E-state index is -0.329. The van der Waals surface area contributed by atoms with Gasteiger partial charge >= 0.3 is 0 Å². The first-order valence-corrected chi connectivity index (χ1v) is 9.90. The minimum absolute atomic E-state index is 0.184. The molecule has 0 spiro atoms. The smallest absolute Gasteiger partial charge is 0.268 e. The number of nitrogens with one attached hydrogen (secondary N) is 2. The van der Waals surface area contributed by atoms with E-state index in [-0.39, 0.29) is 23.6 Å². The fourth-order valence-electron chi connectivity index (χ4n) is 2.67. The summed E-state index contributed by atoms with van der Waals surface area (Å²) in [5.41, 5.74) is 2.79. The summed E-state index contributed by atoms with van der Waals surface area (Å²) in [7, 11) is 0. The molecule has 1 heterocycles. The molecule has 5 heteroatoms. The van der Waals surface area contributed by atoms with E-state index in [4.69, 9.17) is 0 Å². The van der Waals surface area contributed by atoms with Crippen LogP contribution in [0.5, 0.6) is 0 Å². The Morgan fingerprint density at radius 3 is 2.32 bits per heavy atom. The van der Waals surface area contributed by atoms with E-state index in [9.17, 15) is 9.59 Å². The van der Waals surface area contributed by atoms with E-state index in [1.54, 1.807) is 18.2 Å². The summed E-state index contributed by atoms with van der Waals surface area (Å²) in [5.74, 6) is -0.643. The molecule has 0 saturated carbocycles. The van der Waals surface area contributed by atoms with Gasteiger partial charge in [0.2, 0.25) is 0 Å². The predicted molar refractivity (Wildman–Crippen MR) is 114 cm³/mol. The standard InChI is InChI=1S/C23H22N2O2S/c1-16-10-12-19(13-11-16)22(26)25-21(15-20-9-6-14-28-20)23(27)24-17(2)18-7-4-3-5-8-18/h3-15,17H,1-2H3,(H,24,27)(H,25,26)/b21-15-/t17-/m1/s1. The van der Waals surface area contributed by atoms with E-state index in [2.05, 4.69) is 10.6 Å². The van der Waals surface area contributed by atoms with Crippen molar-refractivity contribution in [1.29, 1.82) is 0 Å². The molecule has 28 heavy (non-hydrogen) atoms. The molecule has 3 rings (SSSR count). The van der Waals surface area contributed by atoms with Gasteiger partial charge in [0, 0.05) is 10.4 Å². The van der Waals surface area contributed by atoms with Crippen LogP contribution in [0.2, 0.25) is 0 Å². The van der Waals surface area contributed by atoms with Crippen molar-refractivity contribution < 1.29 is 9.59 Å². The maximum Gasteiger partial charge on any atom is 0.268 e. The lowest BCUT2D eigenvalue weighted by Gasteiger charge is -2.16. The quantitative estimate of drug-likeness (QED) is 0.599. The lowest BCUT2D eigenvalue weighted by atomic mass is 10.1. The van der Waals surface area contributed by atoms with Gasteiger partial charge in [-0.25, -0.2) is 0 Å². The predicted octanol–water partition coefficient (Wildman–Crippen LogP) is 4.70. The Hall–Kier alpha value is -3.18. The van der Waals surface area contributed by atoms with Crippen molar-refractivity contribution in [1.82, 2.24) is 10.6 Å². The van der Waals surface area contributed by atoms with Crippen LogP contribution in [0, 0.1) is 6.92 Å². The number of rotatable bonds is 6. The van der Waals surface area contributed by atoms with E-state index in [1.807, 2.05) is 73.8 Å². The number of amides is 2. The Morgan fingerprint density at radius 2 is 1.68 bits per heavy atom. The van der Waals surface area contributed by atoms with E-state index in [0.717, 1.165) is 16.0 Å². The van der Waals surface area contributed by atoms with Crippen LogP contribution in [0.3, 0.4) is 0 Å². The van der Waals surface area contributed by atoms with Crippen LogP contribution in [0.25, 0.3) is 6.08 Å². The van der Waals surface area contributed by atoms with Crippen molar-refractivity contribution in [3.05, 3.63) is 99.4 Å². The molecule has 0 aliphatic heterocycles. The van der Waals surface area contributed by atoms with Gasteiger partial charge in [-0.3, -0.25) is 9.59 Å². The van der Waals surface area contributed by atoms with E-state index >= 15 is 0 Å². The van der Waals surface area contributed by atoms with Gasteiger partial charge < -0.3 is 10.6 Å². The van der Waals surface area contributed by atoms with Gasteiger partial charge in [0.05, 0.1) is 6.04 Å². The highest BCUT2D eigenvalue weighted by Gasteiger charge is 2.17. The van der Waals surface area contributed by atoms with E-state index in [0.29, 0.717) is 5.56 Å². The highest BCUT2D eigenvalue weighted by molar-refractivity contribution is 7.10. The molecule has 0 bridgehead atoms. The first-order valence-electron chi connectivity index (χ1n) is 9.02. The van der Waals surface area contributed by atoms with Crippen LogP contribution < -0.4 is 10.6 Å². The van der Waals surface area contributed by atoms with Crippen LogP contribution in [0.4, 0.5) is 0 Å². The topological polar surface area (TPSA) is 58.2 Å². The van der Waals surface area contributed by atoms with Gasteiger partial charge in [-0.15, -0.1) is 11.3 Å². The molecule has 142 valence electrons. The van der Waals surface area contributed by atoms with Gasteiger partial charge in [-0.2, -0.15) is 0 Å². The zero-order valence-electron chi connectivity index (χ0n) is 15.8. The Bertz CT molecular complexity index is 962. The van der Waals surface area contributed by atoms with Gasteiger partial charge in [-0.05, 0) is 49.1 Å². The first-order chi connectivity index (χ1) is 13.5. The van der Waals surface area contributed by atoms with Crippen molar-refractivity contribution in [3.63, 3.8) is 0 Å². The molecule has 0 radical (unpaired) electrons. The molecule has 0 unspecified atom stereocenters. The number of thiophene rings is 1. The Kier molecular flexibility index (Phi) is 6.40. The second-order valence-electron chi connectivity index (χ2n) is 6.50.